The molecule has 0 aliphatic carbocycles. The Morgan fingerprint density at radius 1 is 1.62 bits per heavy atom. The normalized spacial score (nSPS) is 40.9. The van der Waals surface area contributed by atoms with E-state index < -0.39 is 0 Å². The standard InChI is InChI=1S/C5H12N2O/c1-6-3-4-7(2,8)5-6/h3-5H2,1-2H3. The summed E-state index contributed by atoms with van der Waals surface area (Å²) in [5.74, 6) is 0. The lowest BCUT2D eigenvalue weighted by molar-refractivity contribution is -0.852. The molecule has 0 spiro atoms. The average molecular weight is 116 g/mol. The summed E-state index contributed by atoms with van der Waals surface area (Å²) < 4.78 is -0.0868. The van der Waals surface area contributed by atoms with Gasteiger partial charge in [-0.3, -0.25) is 4.90 Å². The molecule has 0 amide bonds. The summed E-state index contributed by atoms with van der Waals surface area (Å²) >= 11 is 0. The van der Waals surface area contributed by atoms with Gasteiger partial charge in [0.1, 0.15) is 6.67 Å². The van der Waals surface area contributed by atoms with Gasteiger partial charge in [-0.1, -0.05) is 0 Å². The highest BCUT2D eigenvalue weighted by Gasteiger charge is 2.21. The van der Waals surface area contributed by atoms with Crippen molar-refractivity contribution in [2.75, 3.05) is 33.9 Å². The third-order valence-corrected chi connectivity index (χ3v) is 1.50. The summed E-state index contributed by atoms with van der Waals surface area (Å²) in [5.41, 5.74) is 0. The van der Waals surface area contributed by atoms with Crippen molar-refractivity contribution >= 4 is 0 Å². The van der Waals surface area contributed by atoms with E-state index in [0.29, 0.717) is 6.67 Å². The second kappa shape index (κ2) is 1.69. The van der Waals surface area contributed by atoms with Crippen LogP contribution in [0.4, 0.5) is 0 Å². The second-order valence-corrected chi connectivity index (χ2v) is 2.74. The zero-order chi connectivity index (χ0) is 6.20. The van der Waals surface area contributed by atoms with E-state index in [0.717, 1.165) is 13.1 Å². The van der Waals surface area contributed by atoms with Crippen molar-refractivity contribution in [2.45, 2.75) is 0 Å². The Bertz CT molecular complexity index is 92.4. The summed E-state index contributed by atoms with van der Waals surface area (Å²) in [7, 11) is 3.69. The fourth-order valence-corrected chi connectivity index (χ4v) is 1.03. The number of hydroxylamine groups is 3. The van der Waals surface area contributed by atoms with Crippen molar-refractivity contribution in [3.63, 3.8) is 0 Å². The molecule has 0 aromatic heterocycles. The zero-order valence-corrected chi connectivity index (χ0v) is 5.42. The maximum Gasteiger partial charge on any atom is 0.134 e. The smallest absolute Gasteiger partial charge is 0.134 e. The molecule has 3 heteroatoms. The fraction of sp³-hybridized carbons (Fsp3) is 1.00. The van der Waals surface area contributed by atoms with Crippen LogP contribution < -0.4 is 0 Å². The van der Waals surface area contributed by atoms with E-state index >= 15 is 0 Å². The molecular weight excluding hydrogens is 104 g/mol. The Kier molecular flexibility index (Phi) is 1.27. The molecule has 1 fully saturated rings. The molecule has 0 radical (unpaired) electrons. The minimum Gasteiger partial charge on any atom is -0.632 e. The molecule has 0 saturated carbocycles. The molecule has 0 aromatic rings. The van der Waals surface area contributed by atoms with Crippen LogP contribution in [-0.4, -0.2) is 43.4 Å². The number of nitrogens with zero attached hydrogens (tertiary/aromatic N) is 2. The fourth-order valence-electron chi connectivity index (χ4n) is 1.03. The van der Waals surface area contributed by atoms with Gasteiger partial charge in [0.2, 0.25) is 0 Å². The summed E-state index contributed by atoms with van der Waals surface area (Å²) in [4.78, 5) is 2.05. The van der Waals surface area contributed by atoms with Crippen LogP contribution in [0.25, 0.3) is 0 Å². The third kappa shape index (κ3) is 1.18. The Hall–Kier alpha value is -0.120. The molecule has 1 unspecified atom stereocenters. The van der Waals surface area contributed by atoms with Crippen molar-refractivity contribution in [3.8, 4) is 0 Å². The van der Waals surface area contributed by atoms with Crippen LogP contribution >= 0.6 is 0 Å². The Balaban J connectivity index is 2.44. The van der Waals surface area contributed by atoms with E-state index in [1.54, 1.807) is 7.05 Å². The molecule has 1 aliphatic heterocycles. The highest BCUT2D eigenvalue weighted by Crippen LogP contribution is 2.07. The minimum absolute atomic E-state index is 0.0868. The molecule has 0 aromatic carbocycles. The lowest BCUT2D eigenvalue weighted by Gasteiger charge is -2.32. The molecule has 0 N–H and O–H groups in total. The highest BCUT2D eigenvalue weighted by molar-refractivity contribution is 4.53. The Morgan fingerprint density at radius 3 is 2.38 bits per heavy atom. The molecule has 1 atom stereocenters. The maximum atomic E-state index is 11.0. The van der Waals surface area contributed by atoms with Crippen LogP contribution in [0.15, 0.2) is 0 Å². The van der Waals surface area contributed by atoms with Crippen LogP contribution in [0.5, 0.6) is 0 Å². The predicted octanol–water partition coefficient (Wildman–Crippen LogP) is -0.166. The van der Waals surface area contributed by atoms with Crippen LogP contribution in [0.1, 0.15) is 0 Å². The van der Waals surface area contributed by atoms with Crippen LogP contribution in [0.2, 0.25) is 0 Å². The van der Waals surface area contributed by atoms with Gasteiger partial charge in [-0.05, 0) is 7.05 Å². The van der Waals surface area contributed by atoms with Gasteiger partial charge in [0.15, 0.2) is 0 Å². The van der Waals surface area contributed by atoms with Gasteiger partial charge >= 0.3 is 0 Å². The van der Waals surface area contributed by atoms with Gasteiger partial charge in [-0.2, -0.15) is 0 Å². The predicted molar refractivity (Wildman–Crippen MR) is 31.9 cm³/mol. The molecule has 1 saturated heterocycles. The van der Waals surface area contributed by atoms with Crippen molar-refractivity contribution in [2.24, 2.45) is 0 Å². The van der Waals surface area contributed by atoms with Gasteiger partial charge in [0.25, 0.3) is 0 Å². The van der Waals surface area contributed by atoms with Crippen LogP contribution in [-0.2, 0) is 0 Å². The molecule has 0 bridgehead atoms. The average Bonchev–Trinajstić information content (AvgIpc) is 1.82. The first-order valence-electron chi connectivity index (χ1n) is 2.84. The molecule has 1 aliphatic rings. The van der Waals surface area contributed by atoms with E-state index in [1.165, 1.54) is 0 Å². The number of hydrogen-bond acceptors (Lipinski definition) is 2. The Morgan fingerprint density at radius 2 is 2.25 bits per heavy atom. The summed E-state index contributed by atoms with van der Waals surface area (Å²) in [6.45, 7) is 2.34. The molecule has 8 heavy (non-hydrogen) atoms. The zero-order valence-electron chi connectivity index (χ0n) is 5.42. The first-order chi connectivity index (χ1) is 3.60. The number of rotatable bonds is 0. The third-order valence-electron chi connectivity index (χ3n) is 1.50. The largest absolute Gasteiger partial charge is 0.632 e. The van der Waals surface area contributed by atoms with Crippen molar-refractivity contribution < 1.29 is 4.65 Å². The van der Waals surface area contributed by atoms with Crippen molar-refractivity contribution in [1.82, 2.24) is 4.90 Å². The van der Waals surface area contributed by atoms with Gasteiger partial charge in [0.05, 0.1) is 20.1 Å². The molecule has 1 rings (SSSR count). The highest BCUT2D eigenvalue weighted by atomic mass is 16.5. The summed E-state index contributed by atoms with van der Waals surface area (Å²) in [5, 5.41) is 11.0. The molecule has 48 valence electrons. The first kappa shape index (κ1) is 6.01. The van der Waals surface area contributed by atoms with Gasteiger partial charge in [-0.15, -0.1) is 0 Å². The van der Waals surface area contributed by atoms with E-state index in [2.05, 4.69) is 0 Å². The van der Waals surface area contributed by atoms with E-state index in [1.807, 2.05) is 11.9 Å². The van der Waals surface area contributed by atoms with Crippen LogP contribution in [0.3, 0.4) is 0 Å². The lowest BCUT2D eigenvalue weighted by Crippen LogP contribution is -2.35. The summed E-state index contributed by atoms with van der Waals surface area (Å²) in [6, 6.07) is 0. The van der Waals surface area contributed by atoms with E-state index in [-0.39, 0.29) is 4.65 Å². The molecule has 3 nitrogen and oxygen atoms in total. The minimum atomic E-state index is -0.0868. The SMILES string of the molecule is CN1CC[N+](C)([O-])C1. The van der Waals surface area contributed by atoms with E-state index in [4.69, 9.17) is 0 Å². The van der Waals surface area contributed by atoms with Gasteiger partial charge in [0, 0.05) is 0 Å². The molecule has 1 heterocycles. The maximum absolute atomic E-state index is 11.0. The monoisotopic (exact) mass is 116 g/mol. The number of quaternary nitrogens is 1. The first-order valence-corrected chi connectivity index (χ1v) is 2.84. The second-order valence-electron chi connectivity index (χ2n) is 2.74. The lowest BCUT2D eigenvalue weighted by atomic mass is 10.6. The molecular formula is C5H12N2O. The van der Waals surface area contributed by atoms with Crippen molar-refractivity contribution in [1.29, 1.82) is 0 Å². The number of hydrogen-bond donors (Lipinski definition) is 0. The topological polar surface area (TPSA) is 26.3 Å². The van der Waals surface area contributed by atoms with E-state index in [9.17, 15) is 5.21 Å². The quantitative estimate of drug-likeness (QED) is 0.324. The van der Waals surface area contributed by atoms with Gasteiger partial charge < -0.3 is 9.85 Å². The van der Waals surface area contributed by atoms with Gasteiger partial charge in [-0.25, -0.2) is 0 Å². The number of likely N-dealkylation sites (N-methyl/N-ethyl adjacent to an activating group) is 2. The van der Waals surface area contributed by atoms with Crippen LogP contribution in [0, 0.1) is 5.21 Å². The Labute approximate surface area is 49.7 Å². The van der Waals surface area contributed by atoms with Crippen molar-refractivity contribution in [3.05, 3.63) is 5.21 Å². The summed E-state index contributed by atoms with van der Waals surface area (Å²) in [6.07, 6.45) is 0.